The largest absolute Gasteiger partial charge is 0.388 e. The van der Waals surface area contributed by atoms with Crippen LogP contribution in [-0.4, -0.2) is 31.6 Å². The number of aromatic nitrogens is 5. The molecule has 0 aliphatic heterocycles. The van der Waals surface area contributed by atoms with Gasteiger partial charge in [-0.15, -0.1) is 0 Å². The SMILES string of the molecule is CNc1ccc(-c2[nH]ncc2-c2ccc3ncc(-c4ccccn4)n3c2)cc1. The summed E-state index contributed by atoms with van der Waals surface area (Å²) in [5, 5.41) is 10.6. The molecule has 0 aliphatic rings. The molecule has 0 saturated carbocycles. The van der Waals surface area contributed by atoms with Gasteiger partial charge in [0.1, 0.15) is 5.65 Å². The minimum Gasteiger partial charge on any atom is -0.388 e. The van der Waals surface area contributed by atoms with Gasteiger partial charge in [-0.1, -0.05) is 18.2 Å². The monoisotopic (exact) mass is 366 g/mol. The number of benzene rings is 1. The third-order valence-corrected chi connectivity index (χ3v) is 4.85. The molecule has 0 spiro atoms. The highest BCUT2D eigenvalue weighted by molar-refractivity contribution is 5.81. The molecule has 0 saturated heterocycles. The van der Waals surface area contributed by atoms with Gasteiger partial charge in [-0.25, -0.2) is 4.98 Å². The first kappa shape index (κ1) is 16.3. The zero-order valence-electron chi connectivity index (χ0n) is 15.3. The van der Waals surface area contributed by atoms with Gasteiger partial charge in [0.25, 0.3) is 0 Å². The molecule has 136 valence electrons. The van der Waals surface area contributed by atoms with Crippen LogP contribution in [0.5, 0.6) is 0 Å². The number of anilines is 1. The fraction of sp³-hybridized carbons (Fsp3) is 0.0455. The summed E-state index contributed by atoms with van der Waals surface area (Å²) in [5.41, 5.74) is 7.98. The van der Waals surface area contributed by atoms with E-state index in [1.165, 1.54) is 0 Å². The summed E-state index contributed by atoms with van der Waals surface area (Å²) in [6, 6.07) is 18.2. The summed E-state index contributed by atoms with van der Waals surface area (Å²) in [5.74, 6) is 0. The number of hydrogen-bond acceptors (Lipinski definition) is 4. The van der Waals surface area contributed by atoms with Crippen molar-refractivity contribution in [1.29, 1.82) is 0 Å². The number of H-pyrrole nitrogens is 1. The highest BCUT2D eigenvalue weighted by Crippen LogP contribution is 2.31. The van der Waals surface area contributed by atoms with Crippen molar-refractivity contribution < 1.29 is 0 Å². The number of rotatable bonds is 4. The summed E-state index contributed by atoms with van der Waals surface area (Å²) < 4.78 is 2.07. The quantitative estimate of drug-likeness (QED) is 0.491. The number of nitrogens with one attached hydrogen (secondary N) is 2. The van der Waals surface area contributed by atoms with E-state index in [0.717, 1.165) is 45.1 Å². The van der Waals surface area contributed by atoms with E-state index in [0.29, 0.717) is 0 Å². The van der Waals surface area contributed by atoms with E-state index in [2.05, 4.69) is 66.4 Å². The number of hydrogen-bond donors (Lipinski definition) is 2. The fourth-order valence-electron chi connectivity index (χ4n) is 3.37. The molecule has 28 heavy (non-hydrogen) atoms. The maximum Gasteiger partial charge on any atom is 0.137 e. The molecule has 0 bridgehead atoms. The normalized spacial score (nSPS) is 11.0. The topological polar surface area (TPSA) is 70.9 Å². The van der Waals surface area contributed by atoms with Gasteiger partial charge in [-0.05, 0) is 36.4 Å². The molecule has 0 amide bonds. The second-order valence-electron chi connectivity index (χ2n) is 6.49. The molecule has 0 fully saturated rings. The van der Waals surface area contributed by atoms with Crippen LogP contribution in [0, 0.1) is 0 Å². The molecule has 5 aromatic rings. The minimum atomic E-state index is 0.882. The van der Waals surface area contributed by atoms with Gasteiger partial charge < -0.3 is 5.32 Å². The molecule has 0 aliphatic carbocycles. The van der Waals surface area contributed by atoms with Crippen molar-refractivity contribution in [2.24, 2.45) is 0 Å². The lowest BCUT2D eigenvalue weighted by Gasteiger charge is -2.07. The molecular weight excluding hydrogens is 348 g/mol. The van der Waals surface area contributed by atoms with Crippen LogP contribution in [0.15, 0.2) is 79.4 Å². The summed E-state index contributed by atoms with van der Waals surface area (Å²) in [4.78, 5) is 8.97. The third-order valence-electron chi connectivity index (χ3n) is 4.85. The van der Waals surface area contributed by atoms with Crippen LogP contribution < -0.4 is 5.32 Å². The average molecular weight is 366 g/mol. The summed E-state index contributed by atoms with van der Waals surface area (Å²) in [6.45, 7) is 0. The first-order chi connectivity index (χ1) is 13.8. The molecule has 4 aromatic heterocycles. The molecule has 0 radical (unpaired) electrons. The Balaban J connectivity index is 1.62. The Bertz CT molecular complexity index is 1240. The van der Waals surface area contributed by atoms with Crippen molar-refractivity contribution in [1.82, 2.24) is 24.6 Å². The second-order valence-corrected chi connectivity index (χ2v) is 6.49. The van der Waals surface area contributed by atoms with Crippen LogP contribution in [0.1, 0.15) is 0 Å². The van der Waals surface area contributed by atoms with E-state index in [9.17, 15) is 0 Å². The molecule has 4 heterocycles. The van der Waals surface area contributed by atoms with Gasteiger partial charge in [-0.3, -0.25) is 14.5 Å². The predicted octanol–water partition coefficient (Wildman–Crippen LogP) is 4.50. The lowest BCUT2D eigenvalue weighted by molar-refractivity contribution is 1.10. The van der Waals surface area contributed by atoms with Crippen LogP contribution in [0.25, 0.3) is 39.4 Å². The van der Waals surface area contributed by atoms with E-state index >= 15 is 0 Å². The predicted molar refractivity (Wildman–Crippen MR) is 111 cm³/mol. The van der Waals surface area contributed by atoms with Crippen LogP contribution in [0.4, 0.5) is 5.69 Å². The third kappa shape index (κ3) is 2.72. The molecule has 0 unspecified atom stereocenters. The number of imidazole rings is 1. The molecule has 6 nitrogen and oxygen atoms in total. The standard InChI is InChI=1S/C22H18N6/c1-23-17-8-5-15(6-9-17)22-18(12-26-27-22)16-7-10-21-25-13-20(28(21)14-16)19-4-2-3-11-24-19/h2-14,23H,1H3,(H,26,27). The van der Waals surface area contributed by atoms with E-state index in [1.54, 1.807) is 6.20 Å². The maximum absolute atomic E-state index is 4.51. The average Bonchev–Trinajstić information content (AvgIpc) is 3.41. The molecule has 2 N–H and O–H groups in total. The molecular formula is C22H18N6. The van der Waals surface area contributed by atoms with E-state index in [-0.39, 0.29) is 0 Å². The zero-order chi connectivity index (χ0) is 18.9. The Morgan fingerprint density at radius 2 is 1.75 bits per heavy atom. The summed E-state index contributed by atoms with van der Waals surface area (Å²) in [7, 11) is 1.91. The minimum absolute atomic E-state index is 0.882. The van der Waals surface area contributed by atoms with Crippen LogP contribution in [0.3, 0.4) is 0 Å². The lowest BCUT2D eigenvalue weighted by atomic mass is 10.0. The van der Waals surface area contributed by atoms with Crippen molar-refractivity contribution in [2.75, 3.05) is 12.4 Å². The second kappa shape index (κ2) is 6.66. The Morgan fingerprint density at radius 3 is 2.54 bits per heavy atom. The molecule has 6 heteroatoms. The smallest absolute Gasteiger partial charge is 0.137 e. The number of fused-ring (bicyclic) bond motifs is 1. The molecule has 0 atom stereocenters. The number of pyridine rings is 2. The van der Waals surface area contributed by atoms with Crippen molar-refractivity contribution in [3.05, 3.63) is 79.4 Å². The first-order valence-corrected chi connectivity index (χ1v) is 9.04. The number of aromatic amines is 1. The molecule has 5 rings (SSSR count). The Morgan fingerprint density at radius 1 is 0.893 bits per heavy atom. The van der Waals surface area contributed by atoms with Gasteiger partial charge in [-0.2, -0.15) is 5.10 Å². The zero-order valence-corrected chi connectivity index (χ0v) is 15.3. The van der Waals surface area contributed by atoms with Gasteiger partial charge in [0.15, 0.2) is 0 Å². The Hall–Kier alpha value is -3.93. The summed E-state index contributed by atoms with van der Waals surface area (Å²) >= 11 is 0. The van der Waals surface area contributed by atoms with Gasteiger partial charge >= 0.3 is 0 Å². The van der Waals surface area contributed by atoms with E-state index < -0.39 is 0 Å². The van der Waals surface area contributed by atoms with Crippen LogP contribution in [-0.2, 0) is 0 Å². The molecule has 1 aromatic carbocycles. The number of nitrogens with zero attached hydrogens (tertiary/aromatic N) is 4. The van der Waals surface area contributed by atoms with Crippen molar-refractivity contribution in [2.45, 2.75) is 0 Å². The van der Waals surface area contributed by atoms with Gasteiger partial charge in [0, 0.05) is 41.8 Å². The van der Waals surface area contributed by atoms with Crippen LogP contribution in [0.2, 0.25) is 0 Å². The highest BCUT2D eigenvalue weighted by Gasteiger charge is 2.13. The Labute approximate surface area is 161 Å². The summed E-state index contributed by atoms with van der Waals surface area (Å²) in [6.07, 6.45) is 7.60. The van der Waals surface area contributed by atoms with Crippen molar-refractivity contribution >= 4 is 11.3 Å². The van der Waals surface area contributed by atoms with E-state index in [4.69, 9.17) is 0 Å². The van der Waals surface area contributed by atoms with Gasteiger partial charge in [0.2, 0.25) is 0 Å². The van der Waals surface area contributed by atoms with Gasteiger partial charge in [0.05, 0.1) is 29.5 Å². The van der Waals surface area contributed by atoms with E-state index in [1.807, 2.05) is 43.7 Å². The highest BCUT2D eigenvalue weighted by atomic mass is 15.1. The van der Waals surface area contributed by atoms with Crippen LogP contribution >= 0.6 is 0 Å². The lowest BCUT2D eigenvalue weighted by Crippen LogP contribution is -1.92. The fourth-order valence-corrected chi connectivity index (χ4v) is 3.37. The van der Waals surface area contributed by atoms with Crippen molar-refractivity contribution in [3.8, 4) is 33.8 Å². The Kier molecular flexibility index (Phi) is 3.87. The van der Waals surface area contributed by atoms with Crippen molar-refractivity contribution in [3.63, 3.8) is 0 Å². The maximum atomic E-state index is 4.51. The first-order valence-electron chi connectivity index (χ1n) is 9.04.